The molecule has 1 heterocycles. The van der Waals surface area contributed by atoms with Gasteiger partial charge in [-0.15, -0.1) is 0 Å². The van der Waals surface area contributed by atoms with Crippen LogP contribution in [-0.2, 0) is 14.3 Å². The number of esters is 1. The van der Waals surface area contributed by atoms with Crippen molar-refractivity contribution < 1.29 is 14.3 Å². The average molecular weight is 250 g/mol. The summed E-state index contributed by atoms with van der Waals surface area (Å²) in [6.45, 7) is 6.29. The van der Waals surface area contributed by atoms with Crippen molar-refractivity contribution in [1.82, 2.24) is 0 Å². The summed E-state index contributed by atoms with van der Waals surface area (Å²) in [6, 6.07) is 0. The molecule has 3 fully saturated rings. The quantitative estimate of drug-likeness (QED) is 0.621. The molecular weight excluding hydrogens is 228 g/mol. The van der Waals surface area contributed by atoms with Crippen molar-refractivity contribution in [1.29, 1.82) is 0 Å². The molecule has 3 aliphatic rings. The van der Waals surface area contributed by atoms with Gasteiger partial charge in [0, 0.05) is 24.2 Å². The lowest BCUT2D eigenvalue weighted by molar-refractivity contribution is -0.158. The van der Waals surface area contributed by atoms with Crippen LogP contribution in [0.3, 0.4) is 0 Å². The minimum atomic E-state index is -0.0560. The zero-order valence-corrected chi connectivity index (χ0v) is 11.4. The van der Waals surface area contributed by atoms with Gasteiger partial charge < -0.3 is 4.74 Å². The third-order valence-corrected chi connectivity index (χ3v) is 5.88. The Morgan fingerprint density at radius 3 is 2.61 bits per heavy atom. The highest BCUT2D eigenvalue weighted by atomic mass is 16.6. The van der Waals surface area contributed by atoms with Gasteiger partial charge in [0.2, 0.25) is 0 Å². The standard InChI is InChI=1S/C15H22O3/c1-8-10-4-6-15(3)7-5-11(16)9(2)12(15)13(10)18-14(8)17/h8-10,12-13H,4-7H2,1-3H3/t8?,9-,10?,12-,13+,15?/m1/s1. The second-order valence-electron chi connectivity index (χ2n) is 6.83. The van der Waals surface area contributed by atoms with Crippen molar-refractivity contribution in [3.05, 3.63) is 0 Å². The number of ether oxygens (including phenoxy) is 1. The van der Waals surface area contributed by atoms with Gasteiger partial charge in [0.25, 0.3) is 0 Å². The summed E-state index contributed by atoms with van der Waals surface area (Å²) in [6.07, 6.45) is 3.87. The number of hydrogen-bond acceptors (Lipinski definition) is 3. The lowest BCUT2D eigenvalue weighted by Crippen LogP contribution is -2.52. The van der Waals surface area contributed by atoms with E-state index in [1.165, 1.54) is 0 Å². The molecule has 0 N–H and O–H groups in total. The first-order valence-electron chi connectivity index (χ1n) is 7.17. The van der Waals surface area contributed by atoms with Gasteiger partial charge in [-0.05, 0) is 24.7 Å². The van der Waals surface area contributed by atoms with E-state index in [1.807, 2.05) is 13.8 Å². The summed E-state index contributed by atoms with van der Waals surface area (Å²) in [5.74, 6) is 0.946. The number of ketones is 1. The smallest absolute Gasteiger partial charge is 0.309 e. The van der Waals surface area contributed by atoms with Gasteiger partial charge in [0.15, 0.2) is 0 Å². The van der Waals surface area contributed by atoms with Gasteiger partial charge in [0.1, 0.15) is 11.9 Å². The highest BCUT2D eigenvalue weighted by Gasteiger charge is 2.58. The van der Waals surface area contributed by atoms with Crippen LogP contribution in [0.15, 0.2) is 0 Å². The van der Waals surface area contributed by atoms with E-state index in [0.717, 1.165) is 19.3 Å². The summed E-state index contributed by atoms with van der Waals surface area (Å²) in [7, 11) is 0. The molecule has 0 bridgehead atoms. The largest absolute Gasteiger partial charge is 0.461 e. The molecule has 0 aromatic heterocycles. The highest BCUT2D eigenvalue weighted by molar-refractivity contribution is 5.82. The Balaban J connectivity index is 1.96. The van der Waals surface area contributed by atoms with Crippen molar-refractivity contribution >= 4 is 11.8 Å². The van der Waals surface area contributed by atoms with E-state index in [9.17, 15) is 9.59 Å². The van der Waals surface area contributed by atoms with E-state index in [4.69, 9.17) is 4.74 Å². The third kappa shape index (κ3) is 1.49. The Kier molecular flexibility index (Phi) is 2.58. The number of hydrogen-bond donors (Lipinski definition) is 0. The van der Waals surface area contributed by atoms with E-state index >= 15 is 0 Å². The molecular formula is C15H22O3. The fourth-order valence-corrected chi connectivity index (χ4v) is 4.62. The maximum absolute atomic E-state index is 12.0. The molecule has 2 saturated carbocycles. The van der Waals surface area contributed by atoms with E-state index < -0.39 is 0 Å². The van der Waals surface area contributed by atoms with Crippen LogP contribution < -0.4 is 0 Å². The molecule has 0 spiro atoms. The van der Waals surface area contributed by atoms with Crippen LogP contribution in [0.25, 0.3) is 0 Å². The van der Waals surface area contributed by atoms with E-state index in [2.05, 4.69) is 6.92 Å². The molecule has 18 heavy (non-hydrogen) atoms. The van der Waals surface area contributed by atoms with Crippen molar-refractivity contribution in [2.75, 3.05) is 0 Å². The van der Waals surface area contributed by atoms with E-state index in [1.54, 1.807) is 0 Å². The van der Waals surface area contributed by atoms with Crippen LogP contribution in [0.2, 0.25) is 0 Å². The molecule has 0 aromatic carbocycles. The van der Waals surface area contributed by atoms with Crippen LogP contribution >= 0.6 is 0 Å². The molecule has 0 aromatic rings. The number of rotatable bonds is 0. The molecule has 0 radical (unpaired) electrons. The summed E-state index contributed by atoms with van der Waals surface area (Å²) in [5.41, 5.74) is 0.193. The van der Waals surface area contributed by atoms with E-state index in [-0.39, 0.29) is 35.2 Å². The molecule has 3 heteroatoms. The fourth-order valence-electron chi connectivity index (χ4n) is 4.62. The summed E-state index contributed by atoms with van der Waals surface area (Å²) < 4.78 is 5.64. The lowest BCUT2D eigenvalue weighted by atomic mass is 9.53. The first-order chi connectivity index (χ1) is 8.44. The highest BCUT2D eigenvalue weighted by Crippen LogP contribution is 2.56. The van der Waals surface area contributed by atoms with Crippen LogP contribution in [0.4, 0.5) is 0 Å². The fraction of sp³-hybridized carbons (Fsp3) is 0.867. The molecule has 2 aliphatic carbocycles. The number of carbonyl (C=O) groups is 2. The molecule has 6 atom stereocenters. The van der Waals surface area contributed by atoms with Gasteiger partial charge in [-0.3, -0.25) is 9.59 Å². The summed E-state index contributed by atoms with van der Waals surface area (Å²) >= 11 is 0. The van der Waals surface area contributed by atoms with Gasteiger partial charge in [-0.1, -0.05) is 20.8 Å². The average Bonchev–Trinajstić information content (AvgIpc) is 2.60. The summed E-state index contributed by atoms with van der Waals surface area (Å²) in [5, 5.41) is 0. The normalized spacial score (nSPS) is 51.6. The molecule has 1 aliphatic heterocycles. The lowest BCUT2D eigenvalue weighted by Gasteiger charge is -2.51. The van der Waals surface area contributed by atoms with Crippen molar-refractivity contribution in [3.8, 4) is 0 Å². The molecule has 3 rings (SSSR count). The SMILES string of the molecule is CC1C(=O)O[C@H]2C1CCC1(C)CCC(=O)[C@@H](C)[C@H]21. The van der Waals surface area contributed by atoms with Gasteiger partial charge in [-0.25, -0.2) is 0 Å². The predicted octanol–water partition coefficient (Wildman–Crippen LogP) is 2.58. The minimum Gasteiger partial charge on any atom is -0.461 e. The maximum atomic E-state index is 12.0. The van der Waals surface area contributed by atoms with Gasteiger partial charge in [-0.2, -0.15) is 0 Å². The second-order valence-corrected chi connectivity index (χ2v) is 6.83. The Bertz CT molecular complexity index is 403. The first kappa shape index (κ1) is 12.2. The van der Waals surface area contributed by atoms with Crippen molar-refractivity contribution in [2.45, 2.75) is 52.6 Å². The Hall–Kier alpha value is -0.860. The Morgan fingerprint density at radius 2 is 1.89 bits per heavy atom. The monoisotopic (exact) mass is 250 g/mol. The molecule has 100 valence electrons. The van der Waals surface area contributed by atoms with Crippen molar-refractivity contribution in [2.24, 2.45) is 29.1 Å². The molecule has 3 nitrogen and oxygen atoms in total. The molecule has 1 saturated heterocycles. The Labute approximate surface area is 108 Å². The molecule has 3 unspecified atom stereocenters. The maximum Gasteiger partial charge on any atom is 0.309 e. The zero-order valence-electron chi connectivity index (χ0n) is 11.4. The topological polar surface area (TPSA) is 43.4 Å². The predicted molar refractivity (Wildman–Crippen MR) is 66.8 cm³/mol. The minimum absolute atomic E-state index is 0.00880. The molecule has 0 amide bonds. The number of Topliss-reactive ketones (excluding diaryl/α,β-unsaturated/α-hetero) is 1. The van der Waals surface area contributed by atoms with Crippen LogP contribution in [-0.4, -0.2) is 17.9 Å². The number of carbonyl (C=O) groups excluding carboxylic acids is 2. The van der Waals surface area contributed by atoms with Gasteiger partial charge in [0.05, 0.1) is 5.92 Å². The van der Waals surface area contributed by atoms with Crippen LogP contribution in [0.5, 0.6) is 0 Å². The third-order valence-electron chi connectivity index (χ3n) is 5.88. The second kappa shape index (κ2) is 3.82. The van der Waals surface area contributed by atoms with Crippen LogP contribution in [0.1, 0.15) is 46.5 Å². The Morgan fingerprint density at radius 1 is 1.17 bits per heavy atom. The van der Waals surface area contributed by atoms with E-state index in [0.29, 0.717) is 18.1 Å². The zero-order chi connectivity index (χ0) is 13.1. The summed E-state index contributed by atoms with van der Waals surface area (Å²) in [4.78, 5) is 23.8. The van der Waals surface area contributed by atoms with Gasteiger partial charge >= 0.3 is 5.97 Å². The number of fused-ring (bicyclic) bond motifs is 3. The van der Waals surface area contributed by atoms with Crippen LogP contribution in [0, 0.1) is 29.1 Å². The van der Waals surface area contributed by atoms with Crippen molar-refractivity contribution in [3.63, 3.8) is 0 Å². The first-order valence-corrected chi connectivity index (χ1v) is 7.17.